The number of hydrogen-bond acceptors (Lipinski definition) is 5. The molecule has 3 heterocycles. The molecule has 0 radical (unpaired) electrons. The van der Waals surface area contributed by atoms with Crippen molar-refractivity contribution in [1.82, 2.24) is 15.1 Å². The Labute approximate surface area is 135 Å². The number of ether oxygens (including phenoxy) is 1. The maximum Gasteiger partial charge on any atom is 0.257 e. The van der Waals surface area contributed by atoms with Crippen molar-refractivity contribution in [3.05, 3.63) is 23.2 Å². The number of nitrogens with zero attached hydrogens (tertiary/aromatic N) is 2. The Morgan fingerprint density at radius 2 is 1.87 bits per heavy atom. The molecule has 1 N–H and O–H groups in total. The third-order valence-electron chi connectivity index (χ3n) is 4.37. The van der Waals surface area contributed by atoms with Crippen molar-refractivity contribution in [2.24, 2.45) is 0 Å². The van der Waals surface area contributed by atoms with Crippen LogP contribution in [0, 0.1) is 13.8 Å². The first kappa shape index (κ1) is 16.0. The number of amides is 2. The van der Waals surface area contributed by atoms with E-state index in [2.05, 4.69) is 5.32 Å². The number of hydrogen-bond donors (Lipinski definition) is 1. The second-order valence-corrected chi connectivity index (χ2v) is 6.03. The lowest BCUT2D eigenvalue weighted by Crippen LogP contribution is -2.57. The van der Waals surface area contributed by atoms with Crippen LogP contribution in [-0.4, -0.2) is 73.6 Å². The topological polar surface area (TPSA) is 75.0 Å². The van der Waals surface area contributed by atoms with Crippen molar-refractivity contribution in [2.45, 2.75) is 19.9 Å². The molecular weight excluding hydrogens is 298 g/mol. The molecule has 2 aliphatic rings. The zero-order valence-electron chi connectivity index (χ0n) is 13.6. The van der Waals surface area contributed by atoms with E-state index < -0.39 is 0 Å². The molecule has 0 saturated carbocycles. The van der Waals surface area contributed by atoms with E-state index >= 15 is 0 Å². The lowest BCUT2D eigenvalue weighted by atomic mass is 10.1. The number of carbonyl (C=O) groups excluding carboxylic acids is 2. The zero-order valence-corrected chi connectivity index (χ0v) is 13.6. The minimum atomic E-state index is -0.259. The van der Waals surface area contributed by atoms with Crippen LogP contribution in [0.4, 0.5) is 0 Å². The monoisotopic (exact) mass is 321 g/mol. The molecule has 1 atom stereocenters. The summed E-state index contributed by atoms with van der Waals surface area (Å²) in [4.78, 5) is 28.6. The average molecular weight is 321 g/mol. The molecule has 1 unspecified atom stereocenters. The molecular formula is C16H23N3O4. The molecule has 0 bridgehead atoms. The van der Waals surface area contributed by atoms with Crippen molar-refractivity contribution in [2.75, 3.05) is 45.9 Å². The predicted molar refractivity (Wildman–Crippen MR) is 83.3 cm³/mol. The van der Waals surface area contributed by atoms with Gasteiger partial charge >= 0.3 is 0 Å². The van der Waals surface area contributed by atoms with Crippen LogP contribution in [0.5, 0.6) is 0 Å². The summed E-state index contributed by atoms with van der Waals surface area (Å²) >= 11 is 0. The highest BCUT2D eigenvalue weighted by Crippen LogP contribution is 2.17. The highest BCUT2D eigenvalue weighted by atomic mass is 16.5. The molecule has 1 aromatic heterocycles. The molecule has 126 valence electrons. The largest absolute Gasteiger partial charge is 0.466 e. The molecule has 2 aliphatic heterocycles. The Kier molecular flexibility index (Phi) is 4.68. The summed E-state index contributed by atoms with van der Waals surface area (Å²) in [7, 11) is 0. The summed E-state index contributed by atoms with van der Waals surface area (Å²) < 4.78 is 10.8. The van der Waals surface area contributed by atoms with Crippen molar-refractivity contribution in [3.8, 4) is 0 Å². The van der Waals surface area contributed by atoms with Gasteiger partial charge in [0, 0.05) is 32.7 Å². The Bertz CT molecular complexity index is 584. The number of morpholine rings is 1. The lowest BCUT2D eigenvalue weighted by molar-refractivity contribution is -0.137. The minimum Gasteiger partial charge on any atom is -0.466 e. The van der Waals surface area contributed by atoms with Gasteiger partial charge in [0.15, 0.2) is 0 Å². The first-order valence-corrected chi connectivity index (χ1v) is 8.02. The van der Waals surface area contributed by atoms with Gasteiger partial charge in [-0.05, 0) is 19.9 Å². The normalized spacial score (nSPS) is 22.3. The van der Waals surface area contributed by atoms with Crippen molar-refractivity contribution < 1.29 is 18.7 Å². The number of nitrogens with one attached hydrogen (secondary N) is 1. The first-order chi connectivity index (χ1) is 11.1. The van der Waals surface area contributed by atoms with Crippen molar-refractivity contribution >= 4 is 11.8 Å². The van der Waals surface area contributed by atoms with Crippen LogP contribution in [0.1, 0.15) is 21.9 Å². The van der Waals surface area contributed by atoms with Crippen LogP contribution >= 0.6 is 0 Å². The highest BCUT2D eigenvalue weighted by molar-refractivity contribution is 5.95. The van der Waals surface area contributed by atoms with Gasteiger partial charge in [0.05, 0.1) is 18.8 Å². The van der Waals surface area contributed by atoms with Crippen molar-refractivity contribution in [3.63, 3.8) is 0 Å². The fourth-order valence-electron chi connectivity index (χ4n) is 3.09. The summed E-state index contributed by atoms with van der Waals surface area (Å²) in [6, 6.07) is 1.52. The number of carbonyl (C=O) groups is 2. The van der Waals surface area contributed by atoms with E-state index in [4.69, 9.17) is 9.15 Å². The molecule has 0 aliphatic carbocycles. The molecule has 7 nitrogen and oxygen atoms in total. The van der Waals surface area contributed by atoms with Gasteiger partial charge in [0.1, 0.15) is 17.6 Å². The molecule has 23 heavy (non-hydrogen) atoms. The quantitative estimate of drug-likeness (QED) is 0.840. The maximum atomic E-state index is 12.5. The number of piperazine rings is 1. The Balaban J connectivity index is 1.56. The second kappa shape index (κ2) is 6.72. The fraction of sp³-hybridized carbons (Fsp3) is 0.625. The smallest absolute Gasteiger partial charge is 0.257 e. The second-order valence-electron chi connectivity index (χ2n) is 6.03. The van der Waals surface area contributed by atoms with Gasteiger partial charge in [-0.3, -0.25) is 9.59 Å². The summed E-state index contributed by atoms with van der Waals surface area (Å²) in [5.74, 6) is 1.43. The number of furan rings is 1. The summed E-state index contributed by atoms with van der Waals surface area (Å²) in [6.07, 6.45) is 0. The molecule has 0 aromatic carbocycles. The molecule has 7 heteroatoms. The summed E-state index contributed by atoms with van der Waals surface area (Å²) in [5.41, 5.74) is 0.615. The van der Waals surface area contributed by atoms with Crippen LogP contribution < -0.4 is 5.32 Å². The third-order valence-corrected chi connectivity index (χ3v) is 4.37. The number of rotatable bonds is 2. The van der Waals surface area contributed by atoms with E-state index in [0.717, 1.165) is 5.76 Å². The minimum absolute atomic E-state index is 0.0226. The van der Waals surface area contributed by atoms with Crippen LogP contribution in [-0.2, 0) is 9.53 Å². The van der Waals surface area contributed by atoms with Crippen LogP contribution in [0.25, 0.3) is 0 Å². The van der Waals surface area contributed by atoms with Gasteiger partial charge < -0.3 is 24.3 Å². The molecule has 0 spiro atoms. The summed E-state index contributed by atoms with van der Waals surface area (Å²) in [6.45, 7) is 7.60. The fourth-order valence-corrected chi connectivity index (χ4v) is 3.09. The summed E-state index contributed by atoms with van der Waals surface area (Å²) in [5, 5.41) is 3.18. The molecule has 2 amide bonds. The van der Waals surface area contributed by atoms with E-state index in [1.165, 1.54) is 0 Å². The van der Waals surface area contributed by atoms with E-state index in [1.807, 2.05) is 11.8 Å². The van der Waals surface area contributed by atoms with Gasteiger partial charge in [0.25, 0.3) is 5.91 Å². The van der Waals surface area contributed by atoms with Crippen LogP contribution in [0.15, 0.2) is 10.5 Å². The van der Waals surface area contributed by atoms with E-state index in [1.54, 1.807) is 17.9 Å². The lowest BCUT2D eigenvalue weighted by Gasteiger charge is -2.37. The van der Waals surface area contributed by atoms with Crippen LogP contribution in [0.3, 0.4) is 0 Å². The van der Waals surface area contributed by atoms with Gasteiger partial charge in [0.2, 0.25) is 5.91 Å². The molecule has 3 rings (SSSR count). The van der Waals surface area contributed by atoms with Crippen molar-refractivity contribution in [1.29, 1.82) is 0 Å². The Hall–Kier alpha value is -1.86. The van der Waals surface area contributed by atoms with Gasteiger partial charge in [-0.25, -0.2) is 0 Å². The van der Waals surface area contributed by atoms with Crippen LogP contribution in [0.2, 0.25) is 0 Å². The third kappa shape index (κ3) is 3.40. The standard InChI is InChI=1S/C16H23N3O4/c1-11-9-13(12(2)23-11)15(20)18-4-6-19(7-5-18)16(21)14-10-22-8-3-17-14/h9,14,17H,3-8,10H2,1-2H3. The van der Waals surface area contributed by atoms with E-state index in [9.17, 15) is 9.59 Å². The average Bonchev–Trinajstić information content (AvgIpc) is 2.93. The molecule has 2 fully saturated rings. The SMILES string of the molecule is Cc1cc(C(=O)N2CCN(C(=O)C3COCCN3)CC2)c(C)o1. The van der Waals surface area contributed by atoms with Gasteiger partial charge in [-0.15, -0.1) is 0 Å². The Morgan fingerprint density at radius 3 is 2.43 bits per heavy atom. The maximum absolute atomic E-state index is 12.5. The first-order valence-electron chi connectivity index (χ1n) is 8.02. The predicted octanol–water partition coefficient (Wildman–Crippen LogP) is 0.169. The molecule has 1 aromatic rings. The number of aryl methyl sites for hydroxylation is 2. The highest BCUT2D eigenvalue weighted by Gasteiger charge is 2.31. The van der Waals surface area contributed by atoms with Gasteiger partial charge in [-0.2, -0.15) is 0 Å². The zero-order chi connectivity index (χ0) is 16.4. The van der Waals surface area contributed by atoms with E-state index in [-0.39, 0.29) is 17.9 Å². The Morgan fingerprint density at radius 1 is 1.17 bits per heavy atom. The van der Waals surface area contributed by atoms with E-state index in [0.29, 0.717) is 57.3 Å². The van der Waals surface area contributed by atoms with Gasteiger partial charge in [-0.1, -0.05) is 0 Å². The molecule has 2 saturated heterocycles.